The fourth-order valence-corrected chi connectivity index (χ4v) is 6.76. The van der Waals surface area contributed by atoms with Gasteiger partial charge in [-0.05, 0) is 64.6 Å². The van der Waals surface area contributed by atoms with Crippen molar-refractivity contribution in [2.75, 3.05) is 10.8 Å². The molecule has 0 bridgehead atoms. The van der Waals surface area contributed by atoms with Crippen LogP contribution in [-0.4, -0.2) is 38.0 Å². The summed E-state index contributed by atoms with van der Waals surface area (Å²) in [4.78, 5) is 24.1. The van der Waals surface area contributed by atoms with Gasteiger partial charge < -0.3 is 10.4 Å². The Kier molecular flexibility index (Phi) is 8.27. The molecule has 1 heterocycles. The van der Waals surface area contributed by atoms with E-state index in [2.05, 4.69) is 5.32 Å². The van der Waals surface area contributed by atoms with Crippen LogP contribution in [0.25, 0.3) is 11.1 Å². The highest BCUT2D eigenvalue weighted by atomic mass is 32.2. The number of carbonyl (C=O) groups excluding carboxylic acids is 1. The summed E-state index contributed by atoms with van der Waals surface area (Å²) < 4.78 is 68.5. The van der Waals surface area contributed by atoms with Crippen molar-refractivity contribution >= 4 is 27.6 Å². The third-order valence-electron chi connectivity index (χ3n) is 7.25. The maximum absolute atomic E-state index is 13.9. The van der Waals surface area contributed by atoms with E-state index in [1.54, 1.807) is 48.5 Å². The molecule has 4 aromatic rings. The number of sulfonamides is 1. The highest BCUT2D eigenvalue weighted by Crippen LogP contribution is 2.38. The summed E-state index contributed by atoms with van der Waals surface area (Å²) in [6.07, 6.45) is -3.96. The molecule has 5 rings (SSSR count). The molecule has 11 heteroatoms. The number of aliphatic carboxylic acids is 1. The number of amides is 1. The number of anilines is 1. The van der Waals surface area contributed by atoms with Crippen LogP contribution in [0.2, 0.25) is 0 Å². The van der Waals surface area contributed by atoms with Gasteiger partial charge in [-0.3, -0.25) is 13.9 Å². The number of carbonyl (C=O) groups is 2. The first-order chi connectivity index (χ1) is 20.4. The number of alkyl halides is 3. The quantitative estimate of drug-likeness (QED) is 0.262. The Hall–Kier alpha value is -4.64. The fraction of sp³-hybridized carbons (Fsp3) is 0.188. The molecule has 1 aliphatic heterocycles. The minimum absolute atomic E-state index is 0.0858. The van der Waals surface area contributed by atoms with E-state index in [4.69, 9.17) is 5.11 Å². The zero-order chi connectivity index (χ0) is 30.8. The van der Waals surface area contributed by atoms with Crippen molar-refractivity contribution in [1.29, 1.82) is 0 Å². The number of nitrogens with zero attached hydrogens (tertiary/aromatic N) is 1. The molecule has 0 radical (unpaired) electrons. The number of carboxylic acids is 1. The van der Waals surface area contributed by atoms with E-state index < -0.39 is 39.7 Å². The van der Waals surface area contributed by atoms with E-state index in [-0.39, 0.29) is 24.3 Å². The first-order valence-electron chi connectivity index (χ1n) is 13.4. The van der Waals surface area contributed by atoms with Gasteiger partial charge in [-0.2, -0.15) is 13.2 Å². The van der Waals surface area contributed by atoms with Crippen LogP contribution in [-0.2, 0) is 45.1 Å². The molecule has 0 saturated carbocycles. The van der Waals surface area contributed by atoms with Crippen molar-refractivity contribution in [2.24, 2.45) is 0 Å². The van der Waals surface area contributed by atoms with Crippen LogP contribution in [0.4, 0.5) is 18.9 Å². The van der Waals surface area contributed by atoms with Gasteiger partial charge in [0.2, 0.25) is 5.91 Å². The van der Waals surface area contributed by atoms with Crippen LogP contribution >= 0.6 is 0 Å². The molecule has 4 aromatic carbocycles. The molecule has 0 saturated heterocycles. The Morgan fingerprint density at radius 3 is 2.21 bits per heavy atom. The number of benzene rings is 4. The molecule has 0 aromatic heterocycles. The molecule has 1 aliphatic rings. The standard InChI is InChI=1S/C32H27F3N2O5S/c33-32(34,35)26-6-3-5-24(19-26)23-12-14-27(15-13-23)43(41,42)37-28-7-2-1-4-25(28)20-29(37)31(40)36-17-16-21-8-10-22(11-9-21)18-30(38)39/h1-15,19,29H,16-18,20H2,(H,36,40)(H,38,39)/t29-/m0/s1. The molecule has 0 spiro atoms. The van der Waals surface area contributed by atoms with Gasteiger partial charge >= 0.3 is 12.1 Å². The average molecular weight is 609 g/mol. The summed E-state index contributed by atoms with van der Waals surface area (Å²) in [6, 6.07) is 23.1. The van der Waals surface area contributed by atoms with E-state index >= 15 is 0 Å². The summed E-state index contributed by atoms with van der Waals surface area (Å²) in [5, 5.41) is 11.7. The first-order valence-corrected chi connectivity index (χ1v) is 14.8. The van der Waals surface area contributed by atoms with E-state index in [1.807, 2.05) is 0 Å². The molecule has 2 N–H and O–H groups in total. The third-order valence-corrected chi connectivity index (χ3v) is 9.09. The average Bonchev–Trinajstić information content (AvgIpc) is 3.38. The van der Waals surface area contributed by atoms with Gasteiger partial charge in [-0.15, -0.1) is 0 Å². The Morgan fingerprint density at radius 1 is 0.860 bits per heavy atom. The lowest BCUT2D eigenvalue weighted by molar-refractivity contribution is -0.138. The lowest BCUT2D eigenvalue weighted by Crippen LogP contribution is -2.48. The maximum atomic E-state index is 13.9. The SMILES string of the molecule is O=C(O)Cc1ccc(CCNC(=O)[C@@H]2Cc3ccccc3N2S(=O)(=O)c2ccc(-c3cccc(C(F)(F)F)c3)cc2)cc1. The highest BCUT2D eigenvalue weighted by Gasteiger charge is 2.42. The summed E-state index contributed by atoms with van der Waals surface area (Å²) in [6.45, 7) is 0.240. The maximum Gasteiger partial charge on any atom is 0.416 e. The molecule has 1 atom stereocenters. The van der Waals surface area contributed by atoms with Crippen molar-refractivity contribution < 1.29 is 36.3 Å². The van der Waals surface area contributed by atoms with Crippen molar-refractivity contribution in [3.05, 3.63) is 119 Å². The molecule has 0 unspecified atom stereocenters. The smallest absolute Gasteiger partial charge is 0.416 e. The predicted octanol–water partition coefficient (Wildman–Crippen LogP) is 5.48. The number of nitrogens with one attached hydrogen (secondary N) is 1. The second kappa shape index (κ2) is 11.9. The molecular formula is C32H27F3N2O5S. The number of halogens is 3. The minimum atomic E-state index is -4.51. The van der Waals surface area contributed by atoms with Crippen LogP contribution < -0.4 is 9.62 Å². The Morgan fingerprint density at radius 2 is 1.53 bits per heavy atom. The van der Waals surface area contributed by atoms with Crippen molar-refractivity contribution in [3.8, 4) is 11.1 Å². The number of fused-ring (bicyclic) bond motifs is 1. The van der Waals surface area contributed by atoms with Gasteiger partial charge in [0, 0.05) is 13.0 Å². The number of hydrogen-bond donors (Lipinski definition) is 2. The summed E-state index contributed by atoms with van der Waals surface area (Å²) in [5.41, 5.74) is 2.53. The molecule has 222 valence electrons. The molecule has 0 fully saturated rings. The topological polar surface area (TPSA) is 104 Å². The summed E-state index contributed by atoms with van der Waals surface area (Å²) in [5.74, 6) is -1.40. The van der Waals surface area contributed by atoms with Crippen LogP contribution in [0.15, 0.2) is 102 Å². The van der Waals surface area contributed by atoms with E-state index in [0.717, 1.165) is 22.0 Å². The molecule has 0 aliphatic carbocycles. The molecule has 7 nitrogen and oxygen atoms in total. The largest absolute Gasteiger partial charge is 0.481 e. The van der Waals surface area contributed by atoms with Crippen LogP contribution in [0.1, 0.15) is 22.3 Å². The lowest BCUT2D eigenvalue weighted by atomic mass is 10.0. The molecule has 43 heavy (non-hydrogen) atoms. The second-order valence-electron chi connectivity index (χ2n) is 10.2. The van der Waals surface area contributed by atoms with Gasteiger partial charge in [0.05, 0.1) is 22.6 Å². The van der Waals surface area contributed by atoms with Gasteiger partial charge in [0.15, 0.2) is 0 Å². The normalized spacial score (nSPS) is 14.8. The Balaban J connectivity index is 1.34. The van der Waals surface area contributed by atoms with Crippen molar-refractivity contribution in [2.45, 2.75) is 36.4 Å². The predicted molar refractivity (Wildman–Crippen MR) is 155 cm³/mol. The zero-order valence-corrected chi connectivity index (χ0v) is 23.5. The molecular weight excluding hydrogens is 581 g/mol. The van der Waals surface area contributed by atoms with E-state index in [9.17, 15) is 31.2 Å². The van der Waals surface area contributed by atoms with Gasteiger partial charge in [0.25, 0.3) is 10.0 Å². The van der Waals surface area contributed by atoms with Crippen LogP contribution in [0.5, 0.6) is 0 Å². The first kappa shape index (κ1) is 29.8. The monoisotopic (exact) mass is 608 g/mol. The summed E-state index contributed by atoms with van der Waals surface area (Å²) >= 11 is 0. The Bertz CT molecular complexity index is 1760. The number of para-hydroxylation sites is 1. The van der Waals surface area contributed by atoms with Crippen LogP contribution in [0.3, 0.4) is 0 Å². The van der Waals surface area contributed by atoms with E-state index in [0.29, 0.717) is 34.4 Å². The van der Waals surface area contributed by atoms with Gasteiger partial charge in [-0.25, -0.2) is 8.42 Å². The minimum Gasteiger partial charge on any atom is -0.481 e. The van der Waals surface area contributed by atoms with Gasteiger partial charge in [-0.1, -0.05) is 66.7 Å². The number of rotatable bonds is 9. The van der Waals surface area contributed by atoms with Crippen molar-refractivity contribution in [1.82, 2.24) is 5.32 Å². The van der Waals surface area contributed by atoms with Crippen molar-refractivity contribution in [3.63, 3.8) is 0 Å². The summed E-state index contributed by atoms with van der Waals surface area (Å²) in [7, 11) is -4.22. The zero-order valence-electron chi connectivity index (χ0n) is 22.7. The highest BCUT2D eigenvalue weighted by molar-refractivity contribution is 7.93. The third kappa shape index (κ3) is 6.56. The Labute approximate surface area is 246 Å². The lowest BCUT2D eigenvalue weighted by Gasteiger charge is -2.26. The second-order valence-corrected chi connectivity index (χ2v) is 12.0. The fourth-order valence-electron chi connectivity index (χ4n) is 5.11. The van der Waals surface area contributed by atoms with E-state index in [1.165, 1.54) is 36.4 Å². The van der Waals surface area contributed by atoms with Gasteiger partial charge in [0.1, 0.15) is 6.04 Å². The number of hydrogen-bond acceptors (Lipinski definition) is 4. The molecule has 1 amide bonds. The number of carboxylic acid groups (broad SMARTS) is 1. The van der Waals surface area contributed by atoms with Crippen LogP contribution in [0, 0.1) is 0 Å².